The first-order valence-electron chi connectivity index (χ1n) is 18.6. The molecule has 0 N–H and O–H groups in total. The third kappa shape index (κ3) is 33.1. The highest BCUT2D eigenvalue weighted by atomic mass is 32.2. The maximum absolute atomic E-state index is 11.8. The first kappa shape index (κ1) is 58.8. The van der Waals surface area contributed by atoms with Gasteiger partial charge in [0, 0.05) is 51.3 Å². The molecule has 0 saturated heterocycles. The molecule has 330 valence electrons. The number of aliphatic imine (C=N–C) groups is 1. The molecular formula is C36H62N2O10S9. The van der Waals surface area contributed by atoms with Crippen molar-refractivity contribution in [2.75, 3.05) is 97.1 Å². The van der Waals surface area contributed by atoms with Crippen molar-refractivity contribution < 1.29 is 47.7 Å². The maximum Gasteiger partial charge on any atom is 0.306 e. The number of thiol groups is 7. The number of carbonyl (C=O) groups is 4. The third-order valence-electron chi connectivity index (χ3n) is 8.09. The monoisotopic (exact) mass is 970 g/mol. The van der Waals surface area contributed by atoms with Crippen LogP contribution >= 0.6 is 112 Å². The first-order chi connectivity index (χ1) is 27.5. The van der Waals surface area contributed by atoms with E-state index in [2.05, 4.69) is 98.1 Å². The lowest BCUT2D eigenvalue weighted by atomic mass is 9.89. The van der Waals surface area contributed by atoms with Gasteiger partial charge in [0.25, 0.3) is 6.26 Å². The Balaban J connectivity index is 0. The molecule has 0 spiro atoms. The highest BCUT2D eigenvalue weighted by Gasteiger charge is 2.39. The molecule has 4 unspecified atom stereocenters. The van der Waals surface area contributed by atoms with Gasteiger partial charge < -0.3 is 23.7 Å². The lowest BCUT2D eigenvalue weighted by Gasteiger charge is -2.31. The number of esters is 4. The second kappa shape index (κ2) is 41.1. The average molecular weight is 971 g/mol. The number of thioether (sulfide) groups is 2. The molecule has 2 fully saturated rings. The summed E-state index contributed by atoms with van der Waals surface area (Å²) in [5, 5.41) is 8.28. The molecule has 0 aromatic carbocycles. The van der Waals surface area contributed by atoms with Crippen LogP contribution < -0.4 is 0 Å². The van der Waals surface area contributed by atoms with Gasteiger partial charge in [-0.15, -0.1) is 0 Å². The van der Waals surface area contributed by atoms with Crippen molar-refractivity contribution in [1.82, 2.24) is 0 Å². The van der Waals surface area contributed by atoms with Gasteiger partial charge in [-0.1, -0.05) is 6.42 Å². The minimum atomic E-state index is -1.25. The van der Waals surface area contributed by atoms with Gasteiger partial charge in [0.05, 0.1) is 38.8 Å². The van der Waals surface area contributed by atoms with Crippen molar-refractivity contribution in [3.63, 3.8) is 0 Å². The number of rotatable bonds is 27. The SMILES string of the molecule is CCOC#N.O=C(CCS)OCC(COC(=O)CCS)(COC(=O)CCS)COC(=O)CCS.O=C=NCC1CC2CCC1C2.SCCSCC(CS)SCCS. The molecular weight excluding hydrogens is 909 g/mol. The summed E-state index contributed by atoms with van der Waals surface area (Å²) in [5.41, 5.74) is -1.25. The van der Waals surface area contributed by atoms with Gasteiger partial charge in [-0.2, -0.15) is 117 Å². The Kier molecular flexibility index (Phi) is 42.4. The molecule has 0 aliphatic heterocycles. The molecule has 21 heteroatoms. The number of ether oxygens (including phenoxy) is 5. The van der Waals surface area contributed by atoms with Crippen LogP contribution in [0.15, 0.2) is 4.99 Å². The van der Waals surface area contributed by atoms with E-state index in [9.17, 15) is 24.0 Å². The van der Waals surface area contributed by atoms with Crippen LogP contribution in [-0.2, 0) is 47.7 Å². The maximum atomic E-state index is 11.8. The van der Waals surface area contributed by atoms with Gasteiger partial charge in [-0.3, -0.25) is 19.2 Å². The zero-order valence-corrected chi connectivity index (χ0v) is 40.6. The first-order valence-corrected chi connectivity index (χ1v) is 25.2. The normalized spacial score (nSPS) is 16.6. The van der Waals surface area contributed by atoms with Crippen molar-refractivity contribution in [1.29, 1.82) is 5.26 Å². The second-order valence-corrected chi connectivity index (χ2v) is 18.2. The smallest absolute Gasteiger partial charge is 0.306 e. The molecule has 12 nitrogen and oxygen atoms in total. The summed E-state index contributed by atoms with van der Waals surface area (Å²) in [6.07, 6.45) is 8.93. The lowest BCUT2D eigenvalue weighted by Crippen LogP contribution is -2.44. The fraction of sp³-hybridized carbons (Fsp3) is 0.833. The molecule has 57 heavy (non-hydrogen) atoms. The van der Waals surface area contributed by atoms with Crippen LogP contribution in [0.4, 0.5) is 0 Å². The standard InChI is InChI=1S/C17H28O8S4.C9H13NO.C7H16S5.C3H5NO/c18-13(1-5-26)22-9-17(10-23-14(19)2-6-27,11-24-15(20)3-7-28)12-25-16(21)4-8-29;11-6-10-5-9-4-7-1-2-8(9)3-7;8-1-3-11-6-7(5-10)12-4-2-9;1-2-5-3-4/h26-29H,1-12H2;7-9H,1-5H2;7-10H,1-6H2;2H2,1H3. The van der Waals surface area contributed by atoms with Crippen LogP contribution in [0.5, 0.6) is 0 Å². The summed E-state index contributed by atoms with van der Waals surface area (Å²) in [5.74, 6) is 7.98. The number of hydrogen-bond acceptors (Lipinski definition) is 21. The topological polar surface area (TPSA) is 168 Å². The lowest BCUT2D eigenvalue weighted by molar-refractivity contribution is -0.170. The number of isocyanates is 1. The summed E-state index contributed by atoms with van der Waals surface area (Å²) in [6, 6.07) is 0. The Hall–Kier alpha value is -0.300. The van der Waals surface area contributed by atoms with E-state index < -0.39 is 29.3 Å². The van der Waals surface area contributed by atoms with E-state index in [1.807, 2.05) is 23.5 Å². The van der Waals surface area contributed by atoms with Crippen LogP contribution in [0.2, 0.25) is 0 Å². The van der Waals surface area contributed by atoms with E-state index in [1.54, 1.807) is 13.0 Å². The number of fused-ring (bicyclic) bond motifs is 2. The zero-order valence-electron chi connectivity index (χ0n) is 32.7. The van der Waals surface area contributed by atoms with E-state index in [1.165, 1.54) is 37.7 Å². The van der Waals surface area contributed by atoms with Gasteiger partial charge in [-0.05, 0) is 55.4 Å². The fourth-order valence-corrected chi connectivity index (χ4v) is 9.26. The number of nitriles is 1. The van der Waals surface area contributed by atoms with Gasteiger partial charge in [-0.25, -0.2) is 9.79 Å². The molecule has 2 saturated carbocycles. The Morgan fingerprint density at radius 3 is 1.51 bits per heavy atom. The quantitative estimate of drug-likeness (QED) is 0.00934. The summed E-state index contributed by atoms with van der Waals surface area (Å²) >= 11 is 32.5. The number of carbonyl (C=O) groups excluding carboxylic acids is 5. The zero-order chi connectivity index (χ0) is 43.2. The number of hydrogen-bond donors (Lipinski definition) is 7. The van der Waals surface area contributed by atoms with E-state index >= 15 is 0 Å². The van der Waals surface area contributed by atoms with Crippen molar-refractivity contribution in [3.05, 3.63) is 0 Å². The fourth-order valence-electron chi connectivity index (χ4n) is 5.31. The minimum Gasteiger partial charge on any atom is -0.465 e. The molecule has 0 amide bonds. The van der Waals surface area contributed by atoms with Gasteiger partial charge in [0.2, 0.25) is 6.08 Å². The van der Waals surface area contributed by atoms with E-state index in [4.69, 9.17) is 24.2 Å². The molecule has 2 aliphatic carbocycles. The van der Waals surface area contributed by atoms with Crippen LogP contribution in [0.1, 0.15) is 58.3 Å². The van der Waals surface area contributed by atoms with Gasteiger partial charge in [0.15, 0.2) is 0 Å². The molecule has 2 bridgehead atoms. The van der Waals surface area contributed by atoms with Crippen molar-refractivity contribution in [2.24, 2.45) is 28.2 Å². The summed E-state index contributed by atoms with van der Waals surface area (Å²) in [7, 11) is 0. The largest absolute Gasteiger partial charge is 0.465 e. The molecule has 4 atom stereocenters. The predicted molar refractivity (Wildman–Crippen MR) is 254 cm³/mol. The van der Waals surface area contributed by atoms with Crippen molar-refractivity contribution in [2.45, 2.75) is 63.5 Å². The van der Waals surface area contributed by atoms with Crippen LogP contribution in [0.25, 0.3) is 0 Å². The molecule has 0 aromatic heterocycles. The molecule has 2 rings (SSSR count). The van der Waals surface area contributed by atoms with E-state index in [0.717, 1.165) is 53.1 Å². The van der Waals surface area contributed by atoms with Crippen LogP contribution in [0, 0.1) is 34.7 Å². The summed E-state index contributed by atoms with van der Waals surface area (Å²) in [4.78, 5) is 60.7. The molecule has 0 heterocycles. The van der Waals surface area contributed by atoms with Crippen molar-refractivity contribution >= 4 is 142 Å². The Bertz CT molecular complexity index is 1070. The Labute approximate surface area is 387 Å². The molecule has 2 aliphatic rings. The Morgan fingerprint density at radius 2 is 1.21 bits per heavy atom. The van der Waals surface area contributed by atoms with Crippen LogP contribution in [0.3, 0.4) is 0 Å². The average Bonchev–Trinajstić information content (AvgIpc) is 3.84. The third-order valence-corrected chi connectivity index (χ3v) is 13.3. The highest BCUT2D eigenvalue weighted by Crippen LogP contribution is 2.48. The Morgan fingerprint density at radius 1 is 0.737 bits per heavy atom. The summed E-state index contributed by atoms with van der Waals surface area (Å²) < 4.78 is 25.0. The van der Waals surface area contributed by atoms with E-state index in [-0.39, 0.29) is 75.1 Å². The van der Waals surface area contributed by atoms with Crippen LogP contribution in [-0.4, -0.2) is 132 Å². The molecule has 0 aromatic rings. The summed E-state index contributed by atoms with van der Waals surface area (Å²) in [6.45, 7) is 1.86. The highest BCUT2D eigenvalue weighted by molar-refractivity contribution is 8.04. The van der Waals surface area contributed by atoms with Crippen molar-refractivity contribution in [3.8, 4) is 6.26 Å². The number of nitrogens with zero attached hydrogens (tertiary/aromatic N) is 2. The second-order valence-electron chi connectivity index (χ2n) is 12.6. The van der Waals surface area contributed by atoms with Gasteiger partial charge in [0.1, 0.15) is 31.8 Å². The van der Waals surface area contributed by atoms with E-state index in [0.29, 0.717) is 11.9 Å². The minimum absolute atomic E-state index is 0.0670. The molecule has 0 radical (unpaired) electrons. The van der Waals surface area contributed by atoms with Gasteiger partial charge >= 0.3 is 23.9 Å². The predicted octanol–water partition coefficient (Wildman–Crippen LogP) is 6.30.